The van der Waals surface area contributed by atoms with Crippen LogP contribution < -0.4 is 0 Å². The van der Waals surface area contributed by atoms with Gasteiger partial charge >= 0.3 is 0 Å². The summed E-state index contributed by atoms with van der Waals surface area (Å²) in [6, 6.07) is 17.4. The molecule has 138 valence electrons. The minimum atomic E-state index is -0.300. The van der Waals surface area contributed by atoms with Crippen LogP contribution in [-0.4, -0.2) is 35.2 Å². The summed E-state index contributed by atoms with van der Waals surface area (Å²) in [5.41, 5.74) is 3.82. The average molecular weight is 361 g/mol. The molecule has 3 rings (SSSR count). The summed E-state index contributed by atoms with van der Waals surface area (Å²) in [4.78, 5) is 28.5. The molecular formula is C22H23N3O2. The number of nitriles is 1. The van der Waals surface area contributed by atoms with E-state index in [0.29, 0.717) is 25.2 Å². The summed E-state index contributed by atoms with van der Waals surface area (Å²) in [6.07, 6.45) is 0.266. The molecule has 2 aromatic rings. The van der Waals surface area contributed by atoms with E-state index in [-0.39, 0.29) is 24.2 Å². The van der Waals surface area contributed by atoms with Crippen molar-refractivity contribution in [3.8, 4) is 6.07 Å². The highest BCUT2D eigenvalue weighted by molar-refractivity contribution is 5.89. The molecule has 0 aliphatic carbocycles. The Labute approximate surface area is 159 Å². The summed E-state index contributed by atoms with van der Waals surface area (Å²) >= 11 is 0. The number of carbonyl (C=O) groups excluding carboxylic acids is 2. The van der Waals surface area contributed by atoms with Crippen LogP contribution in [0.1, 0.15) is 28.7 Å². The third-order valence-corrected chi connectivity index (χ3v) is 4.94. The molecule has 0 radical (unpaired) electrons. The molecule has 1 heterocycles. The number of hydrogen-bond donors (Lipinski definition) is 0. The summed E-state index contributed by atoms with van der Waals surface area (Å²) < 4.78 is 0. The van der Waals surface area contributed by atoms with Gasteiger partial charge in [-0.15, -0.1) is 0 Å². The molecule has 0 bridgehead atoms. The number of benzene rings is 2. The minimum Gasteiger partial charge on any atom is -0.341 e. The van der Waals surface area contributed by atoms with Crippen LogP contribution in [0.2, 0.25) is 0 Å². The maximum atomic E-state index is 12.8. The maximum Gasteiger partial charge on any atom is 0.228 e. The number of aryl methyl sites for hydroxylation is 1. The van der Waals surface area contributed by atoms with E-state index in [4.69, 9.17) is 5.26 Å². The third-order valence-electron chi connectivity index (χ3n) is 4.94. The number of carbonyl (C=O) groups is 2. The standard InChI is InChI=1S/C22H23N3O2/c1-16-3-5-19(6-4-16)14-25-15-20(11-21(25)26)22(27)24(2)13-18-9-7-17(12-23)8-10-18/h3-10,20H,11,13-15H2,1-2H3. The number of amides is 2. The lowest BCUT2D eigenvalue weighted by molar-refractivity contribution is -0.135. The lowest BCUT2D eigenvalue weighted by Crippen LogP contribution is -2.34. The first-order chi connectivity index (χ1) is 13.0. The fourth-order valence-corrected chi connectivity index (χ4v) is 3.35. The highest BCUT2D eigenvalue weighted by atomic mass is 16.2. The Morgan fingerprint density at radius 3 is 2.41 bits per heavy atom. The van der Waals surface area contributed by atoms with Crippen LogP contribution >= 0.6 is 0 Å². The van der Waals surface area contributed by atoms with Gasteiger partial charge in [0.25, 0.3) is 0 Å². The van der Waals surface area contributed by atoms with Crippen molar-refractivity contribution in [2.75, 3.05) is 13.6 Å². The van der Waals surface area contributed by atoms with Crippen LogP contribution in [0.3, 0.4) is 0 Å². The lowest BCUT2D eigenvalue weighted by Gasteiger charge is -2.21. The molecule has 27 heavy (non-hydrogen) atoms. The Balaban J connectivity index is 1.58. The van der Waals surface area contributed by atoms with Crippen molar-refractivity contribution in [2.45, 2.75) is 26.4 Å². The summed E-state index contributed by atoms with van der Waals surface area (Å²) in [7, 11) is 1.76. The number of nitrogens with zero attached hydrogens (tertiary/aromatic N) is 3. The van der Waals surface area contributed by atoms with Crippen LogP contribution in [-0.2, 0) is 22.7 Å². The van der Waals surface area contributed by atoms with E-state index in [0.717, 1.165) is 11.1 Å². The SMILES string of the molecule is Cc1ccc(CN2CC(C(=O)N(C)Cc3ccc(C#N)cc3)CC2=O)cc1. The second kappa shape index (κ2) is 8.05. The van der Waals surface area contributed by atoms with Gasteiger partial charge < -0.3 is 9.80 Å². The zero-order chi connectivity index (χ0) is 19.4. The predicted octanol–water partition coefficient (Wildman–Crippen LogP) is 2.87. The van der Waals surface area contributed by atoms with E-state index < -0.39 is 0 Å². The normalized spacial score (nSPS) is 16.3. The molecule has 1 fully saturated rings. The number of rotatable bonds is 5. The second-order valence-electron chi connectivity index (χ2n) is 7.16. The Hall–Kier alpha value is -3.13. The van der Waals surface area contributed by atoms with Crippen molar-refractivity contribution in [3.63, 3.8) is 0 Å². The Morgan fingerprint density at radius 2 is 1.78 bits per heavy atom. The smallest absolute Gasteiger partial charge is 0.228 e. The molecule has 2 amide bonds. The largest absolute Gasteiger partial charge is 0.341 e. The Morgan fingerprint density at radius 1 is 1.15 bits per heavy atom. The van der Waals surface area contributed by atoms with E-state index >= 15 is 0 Å². The van der Waals surface area contributed by atoms with Crippen LogP contribution in [0.25, 0.3) is 0 Å². The van der Waals surface area contributed by atoms with Gasteiger partial charge in [0.05, 0.1) is 17.6 Å². The molecular weight excluding hydrogens is 338 g/mol. The van der Waals surface area contributed by atoms with Gasteiger partial charge in [-0.1, -0.05) is 42.0 Å². The van der Waals surface area contributed by atoms with Crippen LogP contribution in [0.4, 0.5) is 0 Å². The van der Waals surface area contributed by atoms with Gasteiger partial charge in [0.2, 0.25) is 11.8 Å². The fourth-order valence-electron chi connectivity index (χ4n) is 3.35. The molecule has 1 saturated heterocycles. The maximum absolute atomic E-state index is 12.8. The first-order valence-corrected chi connectivity index (χ1v) is 9.03. The van der Waals surface area contributed by atoms with Gasteiger partial charge in [-0.3, -0.25) is 9.59 Å². The van der Waals surface area contributed by atoms with Crippen LogP contribution in [0.15, 0.2) is 48.5 Å². The van der Waals surface area contributed by atoms with Crippen molar-refractivity contribution in [2.24, 2.45) is 5.92 Å². The van der Waals surface area contributed by atoms with Crippen molar-refractivity contribution >= 4 is 11.8 Å². The lowest BCUT2D eigenvalue weighted by atomic mass is 10.1. The highest BCUT2D eigenvalue weighted by Crippen LogP contribution is 2.22. The first kappa shape index (κ1) is 18.7. The molecule has 5 heteroatoms. The molecule has 1 aliphatic rings. The topological polar surface area (TPSA) is 64.4 Å². The zero-order valence-electron chi connectivity index (χ0n) is 15.7. The monoisotopic (exact) mass is 361 g/mol. The van der Waals surface area contributed by atoms with E-state index in [2.05, 4.69) is 6.07 Å². The van der Waals surface area contributed by atoms with Gasteiger partial charge in [-0.25, -0.2) is 0 Å². The summed E-state index contributed by atoms with van der Waals surface area (Å²) in [6.45, 7) is 3.50. The molecule has 2 aromatic carbocycles. The van der Waals surface area contributed by atoms with Gasteiger partial charge in [0.15, 0.2) is 0 Å². The van der Waals surface area contributed by atoms with Crippen molar-refractivity contribution < 1.29 is 9.59 Å². The van der Waals surface area contributed by atoms with Crippen LogP contribution in [0, 0.1) is 24.2 Å². The average Bonchev–Trinajstić information content (AvgIpc) is 3.04. The molecule has 0 saturated carbocycles. The fraction of sp³-hybridized carbons (Fsp3) is 0.318. The molecule has 0 N–H and O–H groups in total. The van der Waals surface area contributed by atoms with Gasteiger partial charge in [0.1, 0.15) is 0 Å². The molecule has 5 nitrogen and oxygen atoms in total. The summed E-state index contributed by atoms with van der Waals surface area (Å²) in [5, 5.41) is 8.86. The van der Waals surface area contributed by atoms with E-state index in [9.17, 15) is 9.59 Å². The molecule has 1 atom stereocenters. The van der Waals surface area contributed by atoms with Gasteiger partial charge in [0, 0.05) is 33.1 Å². The Bertz CT molecular complexity index is 866. The highest BCUT2D eigenvalue weighted by Gasteiger charge is 2.35. The van der Waals surface area contributed by atoms with Crippen molar-refractivity contribution in [1.82, 2.24) is 9.80 Å². The molecule has 0 aromatic heterocycles. The second-order valence-corrected chi connectivity index (χ2v) is 7.16. The molecule has 1 aliphatic heterocycles. The predicted molar refractivity (Wildman–Crippen MR) is 102 cm³/mol. The number of hydrogen-bond acceptors (Lipinski definition) is 3. The minimum absolute atomic E-state index is 0.0147. The van der Waals surface area contributed by atoms with Crippen LogP contribution in [0.5, 0.6) is 0 Å². The van der Waals surface area contributed by atoms with Gasteiger partial charge in [-0.2, -0.15) is 5.26 Å². The summed E-state index contributed by atoms with van der Waals surface area (Å²) in [5.74, 6) is -0.286. The quantitative estimate of drug-likeness (QED) is 0.822. The number of likely N-dealkylation sites (tertiary alicyclic amines) is 1. The third kappa shape index (κ3) is 4.53. The Kier molecular flexibility index (Phi) is 5.56. The van der Waals surface area contributed by atoms with E-state index in [1.165, 1.54) is 5.56 Å². The molecule has 1 unspecified atom stereocenters. The van der Waals surface area contributed by atoms with Crippen molar-refractivity contribution in [1.29, 1.82) is 5.26 Å². The van der Waals surface area contributed by atoms with E-state index in [1.54, 1.807) is 29.0 Å². The first-order valence-electron chi connectivity index (χ1n) is 9.03. The van der Waals surface area contributed by atoms with E-state index in [1.807, 2.05) is 43.3 Å². The molecule has 0 spiro atoms. The zero-order valence-corrected chi connectivity index (χ0v) is 15.7. The van der Waals surface area contributed by atoms with Gasteiger partial charge in [-0.05, 0) is 30.2 Å². The van der Waals surface area contributed by atoms with Crippen molar-refractivity contribution in [3.05, 3.63) is 70.8 Å².